The molecule has 5 nitrogen and oxygen atoms in total. The van der Waals surface area contributed by atoms with Crippen LogP contribution >= 0.6 is 0 Å². The Hall–Kier alpha value is -1.36. The molecule has 0 amide bonds. The number of nitrogens with zero attached hydrogens (tertiary/aromatic N) is 2. The minimum Gasteiger partial charge on any atom is -0.378 e. The summed E-state index contributed by atoms with van der Waals surface area (Å²) in [6.07, 6.45) is 3.06. The summed E-state index contributed by atoms with van der Waals surface area (Å²) in [7, 11) is 1.89. The lowest BCUT2D eigenvalue weighted by Gasteiger charge is -2.19. The van der Waals surface area contributed by atoms with Crippen molar-refractivity contribution in [3.63, 3.8) is 0 Å². The van der Waals surface area contributed by atoms with Gasteiger partial charge in [0, 0.05) is 31.7 Å². The van der Waals surface area contributed by atoms with Crippen LogP contribution in [0, 0.1) is 5.92 Å². The van der Waals surface area contributed by atoms with Gasteiger partial charge in [0.15, 0.2) is 0 Å². The highest BCUT2D eigenvalue weighted by Gasteiger charge is 2.24. The Morgan fingerprint density at radius 2 is 2.11 bits per heavy atom. The molecule has 106 valence electrons. The zero-order valence-corrected chi connectivity index (χ0v) is 12.2. The predicted octanol–water partition coefficient (Wildman–Crippen LogP) is 2.48. The molecule has 0 bridgehead atoms. The molecule has 0 saturated carbocycles. The van der Waals surface area contributed by atoms with Gasteiger partial charge >= 0.3 is 0 Å². The normalized spacial score (nSPS) is 22.8. The van der Waals surface area contributed by atoms with Crippen LogP contribution in [-0.2, 0) is 4.74 Å². The maximum absolute atomic E-state index is 5.59. The van der Waals surface area contributed by atoms with Crippen LogP contribution in [0.2, 0.25) is 0 Å². The number of hydrogen-bond acceptors (Lipinski definition) is 5. The predicted molar refractivity (Wildman–Crippen MR) is 77.7 cm³/mol. The third-order valence-electron chi connectivity index (χ3n) is 3.76. The summed E-state index contributed by atoms with van der Waals surface area (Å²) in [6, 6.07) is 0. The molecule has 2 atom stereocenters. The molecule has 19 heavy (non-hydrogen) atoms. The third kappa shape index (κ3) is 3.15. The molecule has 1 aliphatic heterocycles. The molecule has 2 heterocycles. The molecule has 0 aromatic carbocycles. The molecule has 1 aromatic heterocycles. The SMILES string of the molecule is CNc1ncnc(NCC2CCOC2C)c1C(C)C. The first-order chi connectivity index (χ1) is 9.13. The van der Waals surface area contributed by atoms with Crippen molar-refractivity contribution in [3.05, 3.63) is 11.9 Å². The third-order valence-corrected chi connectivity index (χ3v) is 3.76. The van der Waals surface area contributed by atoms with Gasteiger partial charge in [-0.1, -0.05) is 13.8 Å². The summed E-state index contributed by atoms with van der Waals surface area (Å²) >= 11 is 0. The molecule has 2 N–H and O–H groups in total. The molecule has 0 radical (unpaired) electrons. The molecule has 1 aliphatic rings. The summed E-state index contributed by atoms with van der Waals surface area (Å²) in [5, 5.41) is 6.61. The van der Waals surface area contributed by atoms with E-state index in [0.29, 0.717) is 17.9 Å². The van der Waals surface area contributed by atoms with Crippen LogP contribution in [0.3, 0.4) is 0 Å². The molecule has 2 unspecified atom stereocenters. The van der Waals surface area contributed by atoms with Crippen LogP contribution in [0.1, 0.15) is 38.7 Å². The second-order valence-corrected chi connectivity index (χ2v) is 5.39. The standard InChI is InChI=1S/C14H24N4O/c1-9(2)12-13(15-4)17-8-18-14(12)16-7-11-5-6-19-10(11)3/h8-11H,5-7H2,1-4H3,(H2,15,16,17,18). The highest BCUT2D eigenvalue weighted by Crippen LogP contribution is 2.29. The van der Waals surface area contributed by atoms with Gasteiger partial charge in [-0.2, -0.15) is 0 Å². The fraction of sp³-hybridized carbons (Fsp3) is 0.714. The first-order valence-corrected chi connectivity index (χ1v) is 7.01. The molecule has 0 aliphatic carbocycles. The van der Waals surface area contributed by atoms with Gasteiger partial charge in [-0.25, -0.2) is 9.97 Å². The minimum atomic E-state index is 0.334. The number of anilines is 2. The van der Waals surface area contributed by atoms with E-state index in [1.165, 1.54) is 0 Å². The van der Waals surface area contributed by atoms with Gasteiger partial charge in [0.25, 0.3) is 0 Å². The summed E-state index contributed by atoms with van der Waals surface area (Å²) < 4.78 is 5.59. The topological polar surface area (TPSA) is 59.1 Å². The van der Waals surface area contributed by atoms with Crippen LogP contribution in [-0.4, -0.2) is 36.3 Å². The van der Waals surface area contributed by atoms with E-state index in [4.69, 9.17) is 4.74 Å². The van der Waals surface area contributed by atoms with Crippen molar-refractivity contribution in [1.82, 2.24) is 9.97 Å². The average Bonchev–Trinajstić information content (AvgIpc) is 2.81. The van der Waals surface area contributed by atoms with E-state index in [9.17, 15) is 0 Å². The van der Waals surface area contributed by atoms with E-state index >= 15 is 0 Å². The summed E-state index contributed by atoms with van der Waals surface area (Å²) in [4.78, 5) is 8.68. The molecular weight excluding hydrogens is 240 g/mol. The van der Waals surface area contributed by atoms with E-state index in [0.717, 1.165) is 36.8 Å². The van der Waals surface area contributed by atoms with Gasteiger partial charge in [-0.3, -0.25) is 0 Å². The number of ether oxygens (including phenoxy) is 1. The van der Waals surface area contributed by atoms with Crippen molar-refractivity contribution in [3.8, 4) is 0 Å². The van der Waals surface area contributed by atoms with Crippen molar-refractivity contribution >= 4 is 11.6 Å². The summed E-state index contributed by atoms with van der Waals surface area (Å²) in [5.74, 6) is 2.79. The van der Waals surface area contributed by atoms with E-state index < -0.39 is 0 Å². The molecular formula is C14H24N4O. The van der Waals surface area contributed by atoms with Crippen molar-refractivity contribution in [2.45, 2.75) is 39.2 Å². The van der Waals surface area contributed by atoms with Crippen LogP contribution in [0.5, 0.6) is 0 Å². The maximum atomic E-state index is 5.59. The zero-order chi connectivity index (χ0) is 13.8. The fourth-order valence-corrected chi connectivity index (χ4v) is 2.55. The molecule has 1 aromatic rings. The largest absolute Gasteiger partial charge is 0.378 e. The van der Waals surface area contributed by atoms with Crippen LogP contribution in [0.4, 0.5) is 11.6 Å². The van der Waals surface area contributed by atoms with Gasteiger partial charge in [0.2, 0.25) is 0 Å². The molecule has 2 rings (SSSR count). The zero-order valence-electron chi connectivity index (χ0n) is 12.2. The van der Waals surface area contributed by atoms with Crippen molar-refractivity contribution in [2.75, 3.05) is 30.8 Å². The van der Waals surface area contributed by atoms with Gasteiger partial charge in [-0.05, 0) is 19.3 Å². The summed E-state index contributed by atoms with van der Waals surface area (Å²) in [6.45, 7) is 8.23. The second kappa shape index (κ2) is 6.19. The van der Waals surface area contributed by atoms with Crippen molar-refractivity contribution in [1.29, 1.82) is 0 Å². The maximum Gasteiger partial charge on any atom is 0.134 e. The van der Waals surface area contributed by atoms with Crippen molar-refractivity contribution < 1.29 is 4.74 Å². The first-order valence-electron chi connectivity index (χ1n) is 7.01. The van der Waals surface area contributed by atoms with E-state index in [-0.39, 0.29) is 0 Å². The lowest BCUT2D eigenvalue weighted by atomic mass is 10.0. The minimum absolute atomic E-state index is 0.334. The molecule has 5 heteroatoms. The van der Waals surface area contributed by atoms with Crippen LogP contribution in [0.25, 0.3) is 0 Å². The average molecular weight is 264 g/mol. The van der Waals surface area contributed by atoms with Gasteiger partial charge in [0.1, 0.15) is 18.0 Å². The lowest BCUT2D eigenvalue weighted by Crippen LogP contribution is -2.22. The number of hydrogen-bond donors (Lipinski definition) is 2. The van der Waals surface area contributed by atoms with Crippen LogP contribution < -0.4 is 10.6 Å². The Morgan fingerprint density at radius 3 is 2.68 bits per heavy atom. The smallest absolute Gasteiger partial charge is 0.134 e. The molecule has 0 spiro atoms. The van der Waals surface area contributed by atoms with E-state index in [1.807, 2.05) is 7.05 Å². The Kier molecular flexibility index (Phi) is 4.58. The Labute approximate surface area is 115 Å². The number of nitrogens with one attached hydrogen (secondary N) is 2. The highest BCUT2D eigenvalue weighted by atomic mass is 16.5. The second-order valence-electron chi connectivity index (χ2n) is 5.39. The van der Waals surface area contributed by atoms with Gasteiger partial charge in [-0.15, -0.1) is 0 Å². The molecule has 1 saturated heterocycles. The Bertz CT molecular complexity index is 422. The summed E-state index contributed by atoms with van der Waals surface area (Å²) in [5.41, 5.74) is 1.15. The van der Waals surface area contributed by atoms with Gasteiger partial charge < -0.3 is 15.4 Å². The van der Waals surface area contributed by atoms with Crippen molar-refractivity contribution in [2.24, 2.45) is 5.92 Å². The first kappa shape index (κ1) is 14.1. The Morgan fingerprint density at radius 1 is 1.37 bits per heavy atom. The number of aromatic nitrogens is 2. The Balaban J connectivity index is 2.11. The molecule has 1 fully saturated rings. The fourth-order valence-electron chi connectivity index (χ4n) is 2.55. The monoisotopic (exact) mass is 264 g/mol. The lowest BCUT2D eigenvalue weighted by molar-refractivity contribution is 0.108. The number of rotatable bonds is 5. The van der Waals surface area contributed by atoms with E-state index in [1.54, 1.807) is 6.33 Å². The quantitative estimate of drug-likeness (QED) is 0.855. The van der Waals surface area contributed by atoms with Crippen LogP contribution in [0.15, 0.2) is 6.33 Å². The van der Waals surface area contributed by atoms with E-state index in [2.05, 4.69) is 41.4 Å². The van der Waals surface area contributed by atoms with Gasteiger partial charge in [0.05, 0.1) is 6.10 Å². The highest BCUT2D eigenvalue weighted by molar-refractivity contribution is 5.58.